The smallest absolute Gasteiger partial charge is 0.323 e. The van der Waals surface area contributed by atoms with Gasteiger partial charge < -0.3 is 4.74 Å². The Kier molecular flexibility index (Phi) is 8.07. The van der Waals surface area contributed by atoms with E-state index in [-0.39, 0.29) is 24.4 Å². The number of rotatable bonds is 5. The molecule has 0 heterocycles. The summed E-state index contributed by atoms with van der Waals surface area (Å²) in [6.07, 6.45) is 0. The Balaban J connectivity index is 0.00000225. The first-order valence-corrected chi connectivity index (χ1v) is 5.37. The van der Waals surface area contributed by atoms with Crippen molar-refractivity contribution in [2.24, 2.45) is 0 Å². The Morgan fingerprint density at radius 1 is 1.44 bits per heavy atom. The van der Waals surface area contributed by atoms with Gasteiger partial charge in [0.2, 0.25) is 0 Å². The normalized spacial score (nSPS) is 11.4. The zero-order valence-corrected chi connectivity index (χ0v) is 10.8. The van der Waals surface area contributed by atoms with Crippen molar-refractivity contribution in [3.8, 4) is 0 Å². The third-order valence-electron chi connectivity index (χ3n) is 2.06. The summed E-state index contributed by atoms with van der Waals surface area (Å²) < 4.78 is 4.64. The maximum absolute atomic E-state index is 11.2. The second kappa shape index (κ2) is 8.44. The van der Waals surface area contributed by atoms with E-state index >= 15 is 0 Å². The number of hydrogen-bond acceptors (Lipinski definition) is 4. The van der Waals surface area contributed by atoms with Crippen LogP contribution in [0.25, 0.3) is 0 Å². The van der Waals surface area contributed by atoms with Gasteiger partial charge in [-0.2, -0.15) is 12.6 Å². The molecule has 0 aliphatic heterocycles. The van der Waals surface area contributed by atoms with Crippen molar-refractivity contribution in [2.75, 3.05) is 12.9 Å². The lowest BCUT2D eigenvalue weighted by Crippen LogP contribution is -2.38. The molecule has 0 spiro atoms. The molecule has 1 N–H and O–H groups in total. The summed E-state index contributed by atoms with van der Waals surface area (Å²) in [6.45, 7) is 0.640. The van der Waals surface area contributed by atoms with Crippen LogP contribution < -0.4 is 5.32 Å². The number of carbonyl (C=O) groups excluding carboxylic acids is 1. The number of esters is 1. The average Bonchev–Trinajstić information content (AvgIpc) is 2.31. The van der Waals surface area contributed by atoms with Crippen molar-refractivity contribution in [3.63, 3.8) is 0 Å². The minimum Gasteiger partial charge on any atom is -0.468 e. The molecule has 0 aliphatic rings. The molecular formula is C11H16ClNO2S. The van der Waals surface area contributed by atoms with E-state index in [9.17, 15) is 4.79 Å². The zero-order valence-electron chi connectivity index (χ0n) is 9.05. The van der Waals surface area contributed by atoms with E-state index in [1.54, 1.807) is 0 Å². The average molecular weight is 262 g/mol. The van der Waals surface area contributed by atoms with Gasteiger partial charge in [-0.1, -0.05) is 30.3 Å². The van der Waals surface area contributed by atoms with Crippen molar-refractivity contribution >= 4 is 31.0 Å². The highest BCUT2D eigenvalue weighted by Gasteiger charge is 2.15. The molecule has 0 radical (unpaired) electrons. The number of benzene rings is 1. The second-order valence-corrected chi connectivity index (χ2v) is 3.49. The van der Waals surface area contributed by atoms with Crippen LogP contribution in [0.3, 0.4) is 0 Å². The molecule has 0 unspecified atom stereocenters. The largest absolute Gasteiger partial charge is 0.468 e. The van der Waals surface area contributed by atoms with Crippen LogP contribution in [-0.2, 0) is 16.1 Å². The number of methoxy groups -OCH3 is 1. The molecule has 0 saturated carbocycles. The molecular weight excluding hydrogens is 246 g/mol. The molecule has 0 bridgehead atoms. The molecule has 16 heavy (non-hydrogen) atoms. The first-order chi connectivity index (χ1) is 7.27. The molecule has 1 atom stereocenters. The topological polar surface area (TPSA) is 38.3 Å². The maximum atomic E-state index is 11.2. The Labute approximate surface area is 107 Å². The summed E-state index contributed by atoms with van der Waals surface area (Å²) in [5.41, 5.74) is 1.13. The minimum absolute atomic E-state index is 0. The summed E-state index contributed by atoms with van der Waals surface area (Å²) >= 11 is 4.09. The molecule has 0 saturated heterocycles. The maximum Gasteiger partial charge on any atom is 0.323 e. The fraction of sp³-hybridized carbons (Fsp3) is 0.364. The lowest BCUT2D eigenvalue weighted by Gasteiger charge is -2.13. The minimum atomic E-state index is -0.349. The molecule has 90 valence electrons. The SMILES string of the molecule is COC(=O)[C@H](CS)NCc1ccccc1.Cl. The van der Waals surface area contributed by atoms with Crippen LogP contribution in [0.2, 0.25) is 0 Å². The van der Waals surface area contributed by atoms with Gasteiger partial charge in [-0.15, -0.1) is 12.4 Å². The molecule has 0 amide bonds. The molecule has 0 aromatic heterocycles. The van der Waals surface area contributed by atoms with Gasteiger partial charge in [0.15, 0.2) is 0 Å². The second-order valence-electron chi connectivity index (χ2n) is 3.12. The summed E-state index contributed by atoms with van der Waals surface area (Å²) in [5.74, 6) is 0.153. The van der Waals surface area contributed by atoms with Crippen molar-refractivity contribution < 1.29 is 9.53 Å². The summed E-state index contributed by atoms with van der Waals surface area (Å²) in [4.78, 5) is 11.2. The predicted octanol–water partition coefficient (Wildman–Crippen LogP) is 1.67. The van der Waals surface area contributed by atoms with E-state index in [0.717, 1.165) is 5.56 Å². The fourth-order valence-corrected chi connectivity index (χ4v) is 1.48. The van der Waals surface area contributed by atoms with Gasteiger partial charge in [-0.05, 0) is 5.56 Å². The molecule has 0 aliphatic carbocycles. The molecule has 1 aromatic carbocycles. The van der Waals surface area contributed by atoms with Gasteiger partial charge in [-0.25, -0.2) is 0 Å². The summed E-state index contributed by atoms with van der Waals surface area (Å²) in [6, 6.07) is 9.54. The number of halogens is 1. The van der Waals surface area contributed by atoms with Crippen molar-refractivity contribution in [3.05, 3.63) is 35.9 Å². The first-order valence-electron chi connectivity index (χ1n) is 4.74. The molecule has 3 nitrogen and oxygen atoms in total. The van der Waals surface area contributed by atoms with E-state index in [0.29, 0.717) is 12.3 Å². The van der Waals surface area contributed by atoms with Crippen molar-refractivity contribution in [1.82, 2.24) is 5.32 Å². The van der Waals surface area contributed by atoms with E-state index in [1.165, 1.54) is 7.11 Å². The Hall–Kier alpha value is -0.710. The molecule has 1 rings (SSSR count). The third kappa shape index (κ3) is 4.88. The van der Waals surface area contributed by atoms with Crippen LogP contribution in [0, 0.1) is 0 Å². The predicted molar refractivity (Wildman–Crippen MR) is 70.2 cm³/mol. The Morgan fingerprint density at radius 3 is 2.56 bits per heavy atom. The Morgan fingerprint density at radius 2 is 2.06 bits per heavy atom. The standard InChI is InChI=1S/C11H15NO2S.ClH/c1-14-11(13)10(8-15)12-7-9-5-3-2-4-6-9;/h2-6,10,12,15H,7-8H2,1H3;1H/t10-;/m0./s1. The zero-order chi connectivity index (χ0) is 11.1. The number of ether oxygens (including phenoxy) is 1. The number of nitrogens with one attached hydrogen (secondary N) is 1. The van der Waals surface area contributed by atoms with Crippen LogP contribution in [-0.4, -0.2) is 24.9 Å². The number of thiol groups is 1. The lowest BCUT2D eigenvalue weighted by atomic mass is 10.2. The summed E-state index contributed by atoms with van der Waals surface area (Å²) in [5, 5.41) is 3.09. The monoisotopic (exact) mass is 261 g/mol. The number of hydrogen-bond donors (Lipinski definition) is 2. The highest BCUT2D eigenvalue weighted by Crippen LogP contribution is 1.99. The van der Waals surface area contributed by atoms with Gasteiger partial charge in [0.25, 0.3) is 0 Å². The quantitative estimate of drug-likeness (QED) is 0.626. The van der Waals surface area contributed by atoms with Crippen LogP contribution in [0.15, 0.2) is 30.3 Å². The van der Waals surface area contributed by atoms with Gasteiger partial charge in [0, 0.05) is 12.3 Å². The number of carbonyl (C=O) groups is 1. The Bertz CT molecular complexity index is 308. The summed E-state index contributed by atoms with van der Waals surface area (Å²) in [7, 11) is 1.38. The van der Waals surface area contributed by atoms with E-state index < -0.39 is 0 Å². The molecule has 0 fully saturated rings. The van der Waals surface area contributed by atoms with Crippen molar-refractivity contribution in [2.45, 2.75) is 12.6 Å². The molecule has 5 heteroatoms. The van der Waals surface area contributed by atoms with E-state index in [1.807, 2.05) is 30.3 Å². The fourth-order valence-electron chi connectivity index (χ4n) is 1.20. The highest BCUT2D eigenvalue weighted by molar-refractivity contribution is 7.80. The molecule has 1 aromatic rings. The van der Waals surface area contributed by atoms with Gasteiger partial charge in [0.1, 0.15) is 6.04 Å². The van der Waals surface area contributed by atoms with Crippen molar-refractivity contribution in [1.29, 1.82) is 0 Å². The van der Waals surface area contributed by atoms with E-state index in [4.69, 9.17) is 0 Å². The van der Waals surface area contributed by atoms with Gasteiger partial charge >= 0.3 is 5.97 Å². The van der Waals surface area contributed by atoms with Gasteiger partial charge in [0.05, 0.1) is 7.11 Å². The lowest BCUT2D eigenvalue weighted by molar-refractivity contribution is -0.142. The first kappa shape index (κ1) is 15.3. The van der Waals surface area contributed by atoms with E-state index in [2.05, 4.69) is 22.7 Å². The van der Waals surface area contributed by atoms with Crippen LogP contribution >= 0.6 is 25.0 Å². The van der Waals surface area contributed by atoms with Crippen LogP contribution in [0.1, 0.15) is 5.56 Å². The highest BCUT2D eigenvalue weighted by atomic mass is 35.5. The van der Waals surface area contributed by atoms with Gasteiger partial charge in [-0.3, -0.25) is 10.1 Å². The van der Waals surface area contributed by atoms with Crippen LogP contribution in [0.5, 0.6) is 0 Å². The third-order valence-corrected chi connectivity index (χ3v) is 2.43. The van der Waals surface area contributed by atoms with Crippen LogP contribution in [0.4, 0.5) is 0 Å².